The van der Waals surface area contributed by atoms with Gasteiger partial charge >= 0.3 is 5.97 Å². The first-order chi connectivity index (χ1) is 18.9. The van der Waals surface area contributed by atoms with Crippen LogP contribution in [0.1, 0.15) is 45.6 Å². The Bertz CT molecular complexity index is 1030. The minimum absolute atomic E-state index is 0.0202. The zero-order valence-corrected chi connectivity index (χ0v) is 24.2. The van der Waals surface area contributed by atoms with Crippen molar-refractivity contribution in [3.63, 3.8) is 0 Å². The van der Waals surface area contributed by atoms with E-state index in [2.05, 4.69) is 26.6 Å². The molecule has 0 bridgehead atoms. The summed E-state index contributed by atoms with van der Waals surface area (Å²) >= 11 is 1.48. The van der Waals surface area contributed by atoms with Gasteiger partial charge in [-0.3, -0.25) is 19.2 Å². The first-order valence-electron chi connectivity index (χ1n) is 13.4. The number of aliphatic carboxylic acids is 1. The van der Waals surface area contributed by atoms with E-state index in [1.807, 2.05) is 6.26 Å². The minimum Gasteiger partial charge on any atom is -0.508 e. The molecule has 1 aromatic rings. The largest absolute Gasteiger partial charge is 0.508 e. The van der Waals surface area contributed by atoms with Crippen molar-refractivity contribution in [1.82, 2.24) is 26.6 Å². The summed E-state index contributed by atoms with van der Waals surface area (Å²) in [5.74, 6) is -3.18. The molecule has 0 aliphatic carbocycles. The van der Waals surface area contributed by atoms with Crippen LogP contribution >= 0.6 is 11.8 Å². The third kappa shape index (κ3) is 10.3. The molecule has 2 rings (SSSR count). The number of hydrogen-bond acceptors (Lipinski definition) is 8. The highest BCUT2D eigenvalue weighted by Gasteiger charge is 2.32. The van der Waals surface area contributed by atoms with Gasteiger partial charge in [-0.15, -0.1) is 0 Å². The predicted octanol–water partition coefficient (Wildman–Crippen LogP) is 0.140. The summed E-state index contributed by atoms with van der Waals surface area (Å²) in [5.41, 5.74) is 0.622. The third-order valence-electron chi connectivity index (χ3n) is 6.61. The number of hydrogen-bond donors (Lipinski definition) is 7. The minimum atomic E-state index is -1.20. The number of phenols is 1. The normalized spacial score (nSPS) is 17.8. The molecule has 40 heavy (non-hydrogen) atoms. The number of carboxylic acids is 1. The number of carbonyl (C=O) groups is 5. The molecule has 5 atom stereocenters. The fourth-order valence-electron chi connectivity index (χ4n) is 4.21. The quantitative estimate of drug-likeness (QED) is 0.152. The Labute approximate surface area is 238 Å². The molecule has 1 aliphatic heterocycles. The van der Waals surface area contributed by atoms with Crippen molar-refractivity contribution in [3.05, 3.63) is 29.8 Å². The van der Waals surface area contributed by atoms with Crippen LogP contribution in [0.4, 0.5) is 0 Å². The van der Waals surface area contributed by atoms with Gasteiger partial charge in [0, 0.05) is 6.42 Å². The molecule has 0 spiro atoms. The first-order valence-corrected chi connectivity index (χ1v) is 14.8. The van der Waals surface area contributed by atoms with E-state index in [0.29, 0.717) is 17.7 Å². The van der Waals surface area contributed by atoms with Crippen LogP contribution in [0, 0.1) is 5.92 Å². The number of carbonyl (C=O) groups excluding carboxylic acids is 4. The number of amides is 4. The lowest BCUT2D eigenvalue weighted by Gasteiger charge is -2.26. The topological polar surface area (TPSA) is 186 Å². The molecule has 7 N–H and O–H groups in total. The van der Waals surface area contributed by atoms with Crippen molar-refractivity contribution in [2.24, 2.45) is 5.92 Å². The SMILES string of the molecule is CSCC[C@H](NC(=O)[C@H](C)NC(=O)[C@@H]1CCCN1)C(=O)N[C@@H](Cc1ccc(O)cc1)C(=O)N[C@H](C(=O)O)C(C)C. The summed E-state index contributed by atoms with van der Waals surface area (Å²) in [6.07, 6.45) is 3.70. The lowest BCUT2D eigenvalue weighted by atomic mass is 10.0. The summed E-state index contributed by atoms with van der Waals surface area (Å²) in [7, 11) is 0. The van der Waals surface area contributed by atoms with E-state index in [-0.39, 0.29) is 30.5 Å². The molecule has 1 heterocycles. The number of carboxylic acid groups (broad SMARTS) is 1. The Kier molecular flexibility index (Phi) is 13.2. The van der Waals surface area contributed by atoms with Crippen molar-refractivity contribution < 1.29 is 34.2 Å². The number of aromatic hydroxyl groups is 1. The Morgan fingerprint density at radius 1 is 0.950 bits per heavy atom. The lowest BCUT2D eigenvalue weighted by molar-refractivity contribution is -0.143. The highest BCUT2D eigenvalue weighted by atomic mass is 32.2. The summed E-state index contributed by atoms with van der Waals surface area (Å²) in [4.78, 5) is 63.6. The summed E-state index contributed by atoms with van der Waals surface area (Å²) in [6.45, 7) is 5.58. The Morgan fingerprint density at radius 3 is 2.12 bits per heavy atom. The van der Waals surface area contributed by atoms with Crippen LogP contribution in [-0.4, -0.2) is 88.6 Å². The van der Waals surface area contributed by atoms with Crippen molar-refractivity contribution in [3.8, 4) is 5.75 Å². The molecular weight excluding hydrogens is 538 g/mol. The second-order valence-electron chi connectivity index (χ2n) is 10.2. The zero-order chi connectivity index (χ0) is 29.8. The van der Waals surface area contributed by atoms with Gasteiger partial charge in [-0.1, -0.05) is 26.0 Å². The van der Waals surface area contributed by atoms with Gasteiger partial charge in [-0.2, -0.15) is 11.8 Å². The molecule has 0 radical (unpaired) electrons. The van der Waals surface area contributed by atoms with Gasteiger partial charge in [0.2, 0.25) is 23.6 Å². The molecule has 0 unspecified atom stereocenters. The third-order valence-corrected chi connectivity index (χ3v) is 7.26. The molecule has 13 heteroatoms. The maximum absolute atomic E-state index is 13.4. The number of phenolic OH excluding ortho intramolecular Hbond substituents is 1. The van der Waals surface area contributed by atoms with Gasteiger partial charge in [0.1, 0.15) is 29.9 Å². The highest BCUT2D eigenvalue weighted by molar-refractivity contribution is 7.98. The summed E-state index contributed by atoms with van der Waals surface area (Å²) < 4.78 is 0. The molecule has 222 valence electrons. The van der Waals surface area contributed by atoms with Crippen LogP contribution in [0.25, 0.3) is 0 Å². The van der Waals surface area contributed by atoms with Crippen LogP contribution in [-0.2, 0) is 30.4 Å². The van der Waals surface area contributed by atoms with Gasteiger partial charge in [-0.05, 0) is 68.4 Å². The maximum atomic E-state index is 13.4. The Morgan fingerprint density at radius 2 is 1.57 bits per heavy atom. The highest BCUT2D eigenvalue weighted by Crippen LogP contribution is 2.13. The van der Waals surface area contributed by atoms with Crippen molar-refractivity contribution in [2.75, 3.05) is 18.6 Å². The molecule has 1 aliphatic rings. The van der Waals surface area contributed by atoms with E-state index in [0.717, 1.165) is 13.0 Å². The molecule has 1 saturated heterocycles. The average molecular weight is 580 g/mol. The first kappa shape index (κ1) is 32.9. The molecule has 1 fully saturated rings. The Balaban J connectivity index is 2.17. The van der Waals surface area contributed by atoms with Crippen molar-refractivity contribution in [2.45, 2.75) is 76.7 Å². The summed E-state index contributed by atoms with van der Waals surface area (Å²) in [6, 6.07) is 1.50. The standard InChI is InChI=1S/C27H41N5O7S/c1-15(2)22(27(38)39)32-26(37)21(14-17-7-9-18(33)10-8-17)31-25(36)20(11-13-40-4)30-23(34)16(3)29-24(35)19-6-5-12-28-19/h7-10,15-16,19-22,28,33H,5-6,11-14H2,1-4H3,(H,29,35)(H,30,34)(H,31,36)(H,32,37)(H,38,39)/t16-,19-,20-,21-,22-/m0/s1. The van der Waals surface area contributed by atoms with Gasteiger partial charge in [0.15, 0.2) is 0 Å². The fraction of sp³-hybridized carbons (Fsp3) is 0.593. The van der Waals surface area contributed by atoms with E-state index in [1.165, 1.54) is 30.8 Å². The predicted molar refractivity (Wildman–Crippen MR) is 152 cm³/mol. The maximum Gasteiger partial charge on any atom is 0.326 e. The van der Waals surface area contributed by atoms with Crippen LogP contribution < -0.4 is 26.6 Å². The lowest BCUT2D eigenvalue weighted by Crippen LogP contribution is -2.58. The van der Waals surface area contributed by atoms with Crippen LogP contribution in [0.5, 0.6) is 5.75 Å². The number of nitrogens with one attached hydrogen (secondary N) is 5. The number of benzene rings is 1. The van der Waals surface area contributed by atoms with Crippen LogP contribution in [0.15, 0.2) is 24.3 Å². The van der Waals surface area contributed by atoms with E-state index < -0.39 is 53.8 Å². The van der Waals surface area contributed by atoms with Crippen molar-refractivity contribution >= 4 is 41.4 Å². The average Bonchev–Trinajstić information content (AvgIpc) is 3.45. The van der Waals surface area contributed by atoms with E-state index >= 15 is 0 Å². The van der Waals surface area contributed by atoms with Crippen LogP contribution in [0.3, 0.4) is 0 Å². The second-order valence-corrected chi connectivity index (χ2v) is 11.2. The molecule has 0 saturated carbocycles. The van der Waals surface area contributed by atoms with Gasteiger partial charge < -0.3 is 36.8 Å². The molecule has 4 amide bonds. The van der Waals surface area contributed by atoms with Gasteiger partial charge in [0.25, 0.3) is 0 Å². The monoisotopic (exact) mass is 579 g/mol. The van der Waals surface area contributed by atoms with E-state index in [9.17, 15) is 34.2 Å². The molecular formula is C27H41N5O7S. The summed E-state index contributed by atoms with van der Waals surface area (Å²) in [5, 5.41) is 32.7. The number of rotatable bonds is 15. The van der Waals surface area contributed by atoms with Gasteiger partial charge in [0.05, 0.1) is 6.04 Å². The van der Waals surface area contributed by atoms with Crippen LogP contribution in [0.2, 0.25) is 0 Å². The Hall–Kier alpha value is -3.32. The molecule has 1 aromatic carbocycles. The fourth-order valence-corrected chi connectivity index (χ4v) is 4.68. The smallest absolute Gasteiger partial charge is 0.326 e. The van der Waals surface area contributed by atoms with Crippen molar-refractivity contribution in [1.29, 1.82) is 0 Å². The number of thioether (sulfide) groups is 1. The van der Waals surface area contributed by atoms with E-state index in [1.54, 1.807) is 26.0 Å². The zero-order valence-electron chi connectivity index (χ0n) is 23.4. The molecule has 12 nitrogen and oxygen atoms in total. The van der Waals surface area contributed by atoms with Gasteiger partial charge in [-0.25, -0.2) is 4.79 Å². The molecule has 0 aromatic heterocycles. The van der Waals surface area contributed by atoms with E-state index in [4.69, 9.17) is 0 Å². The second kappa shape index (κ2) is 16.1.